The fourth-order valence-electron chi connectivity index (χ4n) is 4.31. The van der Waals surface area contributed by atoms with Gasteiger partial charge in [0.1, 0.15) is 17.8 Å². The molecule has 3 N–H and O–H groups in total. The van der Waals surface area contributed by atoms with Crippen LogP contribution in [0.25, 0.3) is 0 Å². The Morgan fingerprint density at radius 1 is 1.05 bits per heavy atom. The summed E-state index contributed by atoms with van der Waals surface area (Å²) in [5.74, 6) is 1.89. The minimum Gasteiger partial charge on any atom is -0.508 e. The van der Waals surface area contributed by atoms with Crippen LogP contribution in [-0.2, 0) is 32.0 Å². The van der Waals surface area contributed by atoms with Gasteiger partial charge in [-0.2, -0.15) is 4.84 Å². The maximum Gasteiger partial charge on any atom is 0.403 e. The number of hydrogen-bond donors (Lipinski definition) is 3. The largest absolute Gasteiger partial charge is 0.508 e. The van der Waals surface area contributed by atoms with E-state index in [9.17, 15) is 14.7 Å². The molecule has 2 aromatic rings. The molecule has 3 rings (SSSR count). The fraction of sp³-hybridized carbons (Fsp3) is 0.400. The van der Waals surface area contributed by atoms with E-state index in [1.807, 2.05) is 44.2 Å². The molecule has 8 nitrogen and oxygen atoms in total. The molecule has 1 aliphatic carbocycles. The van der Waals surface area contributed by atoms with Gasteiger partial charge in [-0.15, -0.1) is 0 Å². The topological polar surface area (TPSA) is 99.9 Å². The number of carbonyl (C=O) groups is 2. The lowest BCUT2D eigenvalue weighted by Gasteiger charge is -2.38. The molecule has 0 saturated heterocycles. The third-order valence-electron chi connectivity index (χ3n) is 7.04. The summed E-state index contributed by atoms with van der Waals surface area (Å²) >= 11 is 0. The van der Waals surface area contributed by atoms with Crippen LogP contribution in [0.2, 0.25) is 0 Å². The van der Waals surface area contributed by atoms with E-state index in [2.05, 4.69) is 36.1 Å². The molecular formula is C30H38N3O5+. The van der Waals surface area contributed by atoms with Gasteiger partial charge in [0.15, 0.2) is 7.05 Å². The first-order chi connectivity index (χ1) is 18.0. The maximum atomic E-state index is 13.0. The lowest BCUT2D eigenvalue weighted by atomic mass is 9.81. The minimum atomic E-state index is -0.644. The smallest absolute Gasteiger partial charge is 0.403 e. The number of aromatic hydroxyl groups is 1. The molecule has 202 valence electrons. The Balaban J connectivity index is 1.76. The van der Waals surface area contributed by atoms with Gasteiger partial charge in [0.05, 0.1) is 6.61 Å². The second-order valence-corrected chi connectivity index (χ2v) is 10.2. The Bertz CT molecular complexity index is 1220. The number of ether oxygens (including phenoxy) is 1. The summed E-state index contributed by atoms with van der Waals surface area (Å²) < 4.78 is 6.51. The molecule has 0 aliphatic heterocycles. The number of nitrogens with one attached hydrogen (secondary N) is 2. The molecule has 2 aromatic carbocycles. The predicted molar refractivity (Wildman–Crippen MR) is 146 cm³/mol. The van der Waals surface area contributed by atoms with Gasteiger partial charge in [-0.25, -0.2) is 4.79 Å². The summed E-state index contributed by atoms with van der Waals surface area (Å²) in [7, 11) is 1.56. The fourth-order valence-corrected chi connectivity index (χ4v) is 4.31. The van der Waals surface area contributed by atoms with E-state index in [4.69, 9.17) is 9.57 Å². The first-order valence-electron chi connectivity index (χ1n) is 12.7. The number of benzene rings is 2. The Hall–Kier alpha value is -3.87. The van der Waals surface area contributed by atoms with Gasteiger partial charge in [-0.05, 0) is 57.4 Å². The molecule has 0 heterocycles. The molecular weight excluding hydrogens is 482 g/mol. The van der Waals surface area contributed by atoms with Crippen molar-refractivity contribution in [3.05, 3.63) is 84.1 Å². The third-order valence-corrected chi connectivity index (χ3v) is 7.04. The van der Waals surface area contributed by atoms with Crippen LogP contribution in [0.15, 0.2) is 72.9 Å². The van der Waals surface area contributed by atoms with Crippen LogP contribution in [0.1, 0.15) is 38.8 Å². The van der Waals surface area contributed by atoms with Crippen molar-refractivity contribution in [2.75, 3.05) is 13.7 Å². The first-order valence-corrected chi connectivity index (χ1v) is 12.7. The number of nitrogens with zero attached hydrogens (tertiary/aromatic N) is 1. The van der Waals surface area contributed by atoms with Crippen LogP contribution in [0.3, 0.4) is 0 Å². The van der Waals surface area contributed by atoms with Gasteiger partial charge in [0, 0.05) is 34.4 Å². The predicted octanol–water partition coefficient (Wildman–Crippen LogP) is 3.30. The van der Waals surface area contributed by atoms with Crippen molar-refractivity contribution >= 4 is 17.8 Å². The zero-order chi connectivity index (χ0) is 27.9. The van der Waals surface area contributed by atoms with E-state index >= 15 is 0 Å². The standard InChI is InChI=1S/C30H37N3O5/c1-7-33(6)38-28(36)24(18-21-12-10-9-11-13-21)31-26-20-30(26,5)29(3,4)32-25(27(35)37-8-2)19-22-14-16-23(34)17-15-22/h9-17,20,24-25,31-32H,1,8,18-19H2,2-6H3/p+1. The van der Waals surface area contributed by atoms with Crippen LogP contribution in [0, 0.1) is 5.41 Å². The van der Waals surface area contributed by atoms with Crippen LogP contribution < -0.4 is 10.6 Å². The van der Waals surface area contributed by atoms with Gasteiger partial charge < -0.3 is 15.2 Å². The average molecular weight is 521 g/mol. The van der Waals surface area contributed by atoms with E-state index in [1.54, 1.807) is 38.2 Å². The number of esters is 1. The van der Waals surface area contributed by atoms with Crippen molar-refractivity contribution in [2.45, 2.75) is 58.2 Å². The number of rotatable bonds is 13. The molecule has 8 heteroatoms. The normalized spacial score (nSPS) is 17.9. The Kier molecular flexibility index (Phi) is 9.15. The Morgan fingerprint density at radius 2 is 1.66 bits per heavy atom. The molecule has 0 fully saturated rings. The van der Waals surface area contributed by atoms with Crippen molar-refractivity contribution < 1.29 is 29.0 Å². The van der Waals surface area contributed by atoms with Gasteiger partial charge in [0.2, 0.25) is 5.87 Å². The van der Waals surface area contributed by atoms with E-state index in [-0.39, 0.29) is 18.3 Å². The molecule has 0 saturated carbocycles. The summed E-state index contributed by atoms with van der Waals surface area (Å²) in [6.07, 6.45) is 2.88. The molecule has 38 heavy (non-hydrogen) atoms. The summed E-state index contributed by atoms with van der Waals surface area (Å²) in [5.41, 5.74) is 1.73. The SMILES string of the molecule is C=C=[N+](C)OC(=O)C(Cc1ccccc1)NC1=CC1(C)C(C)(C)NC(Cc1ccc(O)cc1)C(=O)OCC. The van der Waals surface area contributed by atoms with Crippen molar-refractivity contribution in [2.24, 2.45) is 5.41 Å². The average Bonchev–Trinajstić information content (AvgIpc) is 3.56. The monoisotopic (exact) mass is 520 g/mol. The van der Waals surface area contributed by atoms with Gasteiger partial charge >= 0.3 is 11.9 Å². The molecule has 0 aromatic heterocycles. The molecule has 1 aliphatic rings. The molecule has 0 spiro atoms. The highest BCUT2D eigenvalue weighted by molar-refractivity contribution is 5.77. The number of hydroxylamine groups is 1. The van der Waals surface area contributed by atoms with E-state index in [0.29, 0.717) is 12.8 Å². The highest BCUT2D eigenvalue weighted by atomic mass is 16.7. The van der Waals surface area contributed by atoms with E-state index < -0.39 is 29.0 Å². The highest BCUT2D eigenvalue weighted by Gasteiger charge is 2.53. The summed E-state index contributed by atoms with van der Waals surface area (Å²) in [6.45, 7) is 11.7. The maximum absolute atomic E-state index is 13.0. The Morgan fingerprint density at radius 3 is 2.26 bits per heavy atom. The number of hydrogen-bond acceptors (Lipinski definition) is 7. The van der Waals surface area contributed by atoms with Crippen LogP contribution in [0.4, 0.5) is 0 Å². The van der Waals surface area contributed by atoms with Crippen molar-refractivity contribution in [3.8, 4) is 5.75 Å². The zero-order valence-electron chi connectivity index (χ0n) is 22.8. The van der Waals surface area contributed by atoms with Crippen molar-refractivity contribution in [1.82, 2.24) is 10.6 Å². The second kappa shape index (κ2) is 12.1. The van der Waals surface area contributed by atoms with Crippen LogP contribution in [-0.4, -0.2) is 58.9 Å². The lowest BCUT2D eigenvalue weighted by molar-refractivity contribution is -0.736. The van der Waals surface area contributed by atoms with Gasteiger partial charge in [0.25, 0.3) is 0 Å². The summed E-state index contributed by atoms with van der Waals surface area (Å²) in [4.78, 5) is 31.2. The molecule has 0 radical (unpaired) electrons. The molecule has 3 atom stereocenters. The summed E-state index contributed by atoms with van der Waals surface area (Å²) in [5, 5.41) is 16.5. The minimum absolute atomic E-state index is 0.167. The second-order valence-electron chi connectivity index (χ2n) is 10.2. The summed E-state index contributed by atoms with van der Waals surface area (Å²) in [6, 6.07) is 15.2. The third kappa shape index (κ3) is 7.12. The molecule has 3 unspecified atom stereocenters. The van der Waals surface area contributed by atoms with Crippen molar-refractivity contribution in [3.63, 3.8) is 0 Å². The number of phenols is 1. The van der Waals surface area contributed by atoms with Crippen molar-refractivity contribution in [1.29, 1.82) is 0 Å². The van der Waals surface area contributed by atoms with Gasteiger partial charge in [-0.1, -0.05) is 48.5 Å². The first kappa shape index (κ1) is 28.7. The van der Waals surface area contributed by atoms with E-state index in [1.165, 1.54) is 0 Å². The van der Waals surface area contributed by atoms with E-state index in [0.717, 1.165) is 21.6 Å². The Labute approximate surface area is 224 Å². The van der Waals surface area contributed by atoms with Gasteiger partial charge in [-0.3, -0.25) is 10.1 Å². The lowest BCUT2D eigenvalue weighted by Crippen LogP contribution is -2.57. The zero-order valence-corrected chi connectivity index (χ0v) is 22.8. The molecule has 0 amide bonds. The van der Waals surface area contributed by atoms with Crippen LogP contribution >= 0.6 is 0 Å². The van der Waals surface area contributed by atoms with Crippen LogP contribution in [0.5, 0.6) is 5.75 Å². The highest BCUT2D eigenvalue weighted by Crippen LogP contribution is 2.51. The number of carbonyl (C=O) groups excluding carboxylic acids is 2. The quantitative estimate of drug-likeness (QED) is 0.123. The number of phenolic OH excluding ortho intramolecular Hbond substituents is 1. The molecule has 0 bridgehead atoms.